The fourth-order valence-corrected chi connectivity index (χ4v) is 3.02. The van der Waals surface area contributed by atoms with Crippen molar-refractivity contribution in [2.75, 3.05) is 17.3 Å². The van der Waals surface area contributed by atoms with Gasteiger partial charge in [0.05, 0.1) is 6.04 Å². The van der Waals surface area contributed by atoms with Gasteiger partial charge >= 0.3 is 5.97 Å². The quantitative estimate of drug-likeness (QED) is 0.180. The number of amides is 3. The van der Waals surface area contributed by atoms with Crippen molar-refractivity contribution in [3.63, 3.8) is 0 Å². The Balaban J connectivity index is 2.97. The van der Waals surface area contributed by atoms with E-state index >= 15 is 0 Å². The van der Waals surface area contributed by atoms with Gasteiger partial charge in [-0.25, -0.2) is 4.79 Å². The third-order valence-corrected chi connectivity index (χ3v) is 5.19. The number of rotatable bonds is 12. The Hall–Kier alpha value is -1.89. The molecule has 0 aliphatic rings. The molecule has 30 heavy (non-hydrogen) atoms. The van der Waals surface area contributed by atoms with Crippen molar-refractivity contribution in [3.8, 4) is 0 Å². The van der Waals surface area contributed by atoms with Gasteiger partial charge in [0, 0.05) is 23.7 Å². The normalized spacial score (nSPS) is 14.7. The molecule has 6 N–H and O–H groups in total. The molecule has 166 valence electrons. The molecule has 0 radical (unpaired) electrons. The van der Waals surface area contributed by atoms with Crippen molar-refractivity contribution in [2.24, 2.45) is 5.73 Å². The predicted molar refractivity (Wildman–Crippen MR) is 123 cm³/mol. The fraction of sp³-hybridized carbons (Fsp3) is 0.444. The summed E-state index contributed by atoms with van der Waals surface area (Å²) in [6.07, 6.45) is 0.112. The minimum Gasteiger partial charge on any atom is -0.480 e. The number of aliphatic carboxylic acids is 1. The van der Waals surface area contributed by atoms with Crippen LogP contribution in [0.5, 0.6) is 0 Å². The number of benzene rings is 1. The highest BCUT2D eigenvalue weighted by Crippen LogP contribution is 2.05. The molecule has 9 nitrogen and oxygen atoms in total. The van der Waals surface area contributed by atoms with E-state index in [0.29, 0.717) is 0 Å². The van der Waals surface area contributed by atoms with Crippen molar-refractivity contribution in [3.05, 3.63) is 35.9 Å². The van der Waals surface area contributed by atoms with E-state index in [1.54, 1.807) is 30.3 Å². The van der Waals surface area contributed by atoms with Gasteiger partial charge in [-0.05, 0) is 5.56 Å². The molecule has 0 spiro atoms. The van der Waals surface area contributed by atoms with Crippen molar-refractivity contribution in [2.45, 2.75) is 30.6 Å². The molecule has 1 rings (SSSR count). The highest BCUT2D eigenvalue weighted by molar-refractivity contribution is 7.80. The Labute approximate surface area is 191 Å². The number of hydrogen-bond acceptors (Lipinski definition) is 8. The maximum atomic E-state index is 12.7. The number of carboxylic acids is 1. The second-order valence-electron chi connectivity index (χ2n) is 6.37. The number of nitrogens with two attached hydrogens (primary N) is 1. The lowest BCUT2D eigenvalue weighted by molar-refractivity contribution is -0.141. The molecule has 3 amide bonds. The average molecular weight is 475 g/mol. The van der Waals surface area contributed by atoms with Crippen LogP contribution in [-0.4, -0.2) is 70.2 Å². The van der Waals surface area contributed by atoms with Crippen molar-refractivity contribution >= 4 is 61.6 Å². The second kappa shape index (κ2) is 13.4. The summed E-state index contributed by atoms with van der Waals surface area (Å²) in [4.78, 5) is 48.5. The van der Waals surface area contributed by atoms with Crippen LogP contribution in [0.15, 0.2) is 30.3 Å². The molecule has 0 aliphatic heterocycles. The van der Waals surface area contributed by atoms with Crippen molar-refractivity contribution in [1.29, 1.82) is 0 Å². The minimum absolute atomic E-state index is 0.0368. The Kier molecular flexibility index (Phi) is 11.7. The lowest BCUT2D eigenvalue weighted by Gasteiger charge is -2.24. The first kappa shape index (κ1) is 26.1. The molecule has 1 aromatic carbocycles. The molecular weight excluding hydrogens is 448 g/mol. The topological polar surface area (TPSA) is 151 Å². The van der Waals surface area contributed by atoms with Crippen LogP contribution in [0.25, 0.3) is 0 Å². The Morgan fingerprint density at radius 1 is 0.800 bits per heavy atom. The predicted octanol–water partition coefficient (Wildman–Crippen LogP) is -1.12. The monoisotopic (exact) mass is 474 g/mol. The summed E-state index contributed by atoms with van der Waals surface area (Å²) in [5.74, 6) is -3.24. The third-order valence-electron chi connectivity index (χ3n) is 4.06. The Bertz CT molecular complexity index is 738. The van der Waals surface area contributed by atoms with Crippen LogP contribution >= 0.6 is 37.9 Å². The summed E-state index contributed by atoms with van der Waals surface area (Å²) in [6.45, 7) is 0. The van der Waals surface area contributed by atoms with Gasteiger partial charge in [0.2, 0.25) is 17.7 Å². The smallest absolute Gasteiger partial charge is 0.327 e. The van der Waals surface area contributed by atoms with Crippen molar-refractivity contribution < 1.29 is 24.3 Å². The molecule has 1 aromatic rings. The molecule has 0 heterocycles. The van der Waals surface area contributed by atoms with Gasteiger partial charge in [-0.2, -0.15) is 37.9 Å². The van der Waals surface area contributed by atoms with Gasteiger partial charge in [-0.3, -0.25) is 14.4 Å². The van der Waals surface area contributed by atoms with Gasteiger partial charge in [0.1, 0.15) is 18.1 Å². The van der Waals surface area contributed by atoms with Crippen LogP contribution in [0.4, 0.5) is 0 Å². The zero-order valence-corrected chi connectivity index (χ0v) is 18.7. The van der Waals surface area contributed by atoms with E-state index in [0.717, 1.165) is 5.56 Å². The molecule has 0 aromatic heterocycles. The van der Waals surface area contributed by atoms with Gasteiger partial charge in [-0.1, -0.05) is 30.3 Å². The number of carbonyl (C=O) groups excluding carboxylic acids is 3. The molecule has 4 atom stereocenters. The summed E-state index contributed by atoms with van der Waals surface area (Å²) >= 11 is 11.9. The van der Waals surface area contributed by atoms with Crippen LogP contribution in [0.3, 0.4) is 0 Å². The third kappa shape index (κ3) is 8.46. The van der Waals surface area contributed by atoms with Crippen LogP contribution in [0.1, 0.15) is 5.56 Å². The highest BCUT2D eigenvalue weighted by Gasteiger charge is 2.29. The lowest BCUT2D eigenvalue weighted by Crippen LogP contribution is -2.58. The van der Waals surface area contributed by atoms with Gasteiger partial charge in [0.25, 0.3) is 0 Å². The van der Waals surface area contributed by atoms with Crippen LogP contribution in [0.2, 0.25) is 0 Å². The van der Waals surface area contributed by atoms with Gasteiger partial charge in [-0.15, -0.1) is 0 Å². The Morgan fingerprint density at radius 2 is 1.30 bits per heavy atom. The number of carboxylic acid groups (broad SMARTS) is 1. The first-order valence-corrected chi connectivity index (χ1v) is 10.9. The Morgan fingerprint density at radius 3 is 1.80 bits per heavy atom. The maximum Gasteiger partial charge on any atom is 0.327 e. The first-order valence-electron chi connectivity index (χ1n) is 8.99. The summed E-state index contributed by atoms with van der Waals surface area (Å²) in [6, 6.07) is 4.63. The van der Waals surface area contributed by atoms with E-state index in [2.05, 4.69) is 53.8 Å². The van der Waals surface area contributed by atoms with Gasteiger partial charge < -0.3 is 26.8 Å². The summed E-state index contributed by atoms with van der Waals surface area (Å²) < 4.78 is 0. The second-order valence-corrected chi connectivity index (χ2v) is 7.46. The zero-order chi connectivity index (χ0) is 22.7. The van der Waals surface area contributed by atoms with Crippen molar-refractivity contribution in [1.82, 2.24) is 16.0 Å². The number of hydrogen-bond donors (Lipinski definition) is 8. The van der Waals surface area contributed by atoms with E-state index < -0.39 is 47.9 Å². The van der Waals surface area contributed by atoms with E-state index in [1.807, 2.05) is 0 Å². The van der Waals surface area contributed by atoms with Gasteiger partial charge in [0.15, 0.2) is 0 Å². The average Bonchev–Trinajstić information content (AvgIpc) is 2.74. The zero-order valence-electron chi connectivity index (χ0n) is 16.0. The summed E-state index contributed by atoms with van der Waals surface area (Å²) in [7, 11) is 0. The SMILES string of the molecule is NC(CS)C(=O)NC(CS)C(=O)NC(Cc1ccccc1)C(=O)NC(CS)C(=O)O. The van der Waals surface area contributed by atoms with E-state index in [1.165, 1.54) is 0 Å². The lowest BCUT2D eigenvalue weighted by atomic mass is 10.0. The fourth-order valence-electron chi connectivity index (χ4n) is 2.34. The summed E-state index contributed by atoms with van der Waals surface area (Å²) in [5, 5.41) is 16.5. The molecule has 4 unspecified atom stereocenters. The van der Waals surface area contributed by atoms with Crippen LogP contribution < -0.4 is 21.7 Å². The maximum absolute atomic E-state index is 12.7. The molecule has 12 heteroatoms. The minimum atomic E-state index is -1.25. The molecule has 0 saturated carbocycles. The highest BCUT2D eigenvalue weighted by atomic mass is 32.1. The van der Waals surface area contributed by atoms with E-state index in [4.69, 9.17) is 10.8 Å². The number of carbonyl (C=O) groups is 4. The molecular formula is C18H26N4O5S3. The van der Waals surface area contributed by atoms with Crippen LogP contribution in [-0.2, 0) is 25.6 Å². The van der Waals surface area contributed by atoms with E-state index in [-0.39, 0.29) is 23.7 Å². The standard InChI is InChI=1S/C18H26N4O5S3/c19-11(7-28)15(23)21-13(8-29)17(25)20-12(6-10-4-2-1-3-5-10)16(24)22-14(9-30)18(26)27/h1-5,11-14,28-30H,6-9,19H2,(H,20,25)(H,21,23)(H,22,24)(H,26,27). The van der Waals surface area contributed by atoms with Crippen LogP contribution in [0, 0.1) is 0 Å². The molecule has 0 bridgehead atoms. The first-order chi connectivity index (χ1) is 14.2. The molecule has 0 saturated heterocycles. The molecule has 0 fully saturated rings. The number of nitrogens with one attached hydrogen (secondary N) is 3. The number of thiol groups is 3. The molecule has 0 aliphatic carbocycles. The largest absolute Gasteiger partial charge is 0.480 e. The van der Waals surface area contributed by atoms with E-state index in [9.17, 15) is 19.2 Å². The summed E-state index contributed by atoms with van der Waals surface area (Å²) in [5.41, 5.74) is 6.35.